The average molecular weight is 253 g/mol. The smallest absolute Gasteiger partial charge is 0.161 e. The Hall–Kier alpha value is -1.83. The molecule has 3 rings (SSSR count). The van der Waals surface area contributed by atoms with Crippen molar-refractivity contribution < 1.29 is 4.79 Å². The largest absolute Gasteiger partial charge is 0.341 e. The molecule has 0 unspecified atom stereocenters. The normalized spacial score (nSPS) is 17.5. The van der Waals surface area contributed by atoms with E-state index in [2.05, 4.69) is 42.7 Å². The fourth-order valence-electron chi connectivity index (χ4n) is 3.42. The summed E-state index contributed by atoms with van der Waals surface area (Å²) in [5, 5.41) is 0. The van der Waals surface area contributed by atoms with Gasteiger partial charge in [0, 0.05) is 17.0 Å². The van der Waals surface area contributed by atoms with E-state index in [0.29, 0.717) is 6.04 Å². The van der Waals surface area contributed by atoms with Crippen LogP contribution in [0.3, 0.4) is 0 Å². The number of carbonyl (C=O) groups is 1. The van der Waals surface area contributed by atoms with E-state index in [1.54, 1.807) is 6.92 Å². The van der Waals surface area contributed by atoms with E-state index in [4.69, 9.17) is 0 Å². The number of rotatable bonds is 2. The zero-order valence-electron chi connectivity index (χ0n) is 11.7. The molecule has 0 aliphatic heterocycles. The van der Waals surface area contributed by atoms with E-state index in [0.717, 1.165) is 24.1 Å². The van der Waals surface area contributed by atoms with Crippen molar-refractivity contribution in [1.29, 1.82) is 0 Å². The fourth-order valence-corrected chi connectivity index (χ4v) is 3.42. The molecule has 2 heteroatoms. The van der Waals surface area contributed by atoms with Gasteiger partial charge in [0.15, 0.2) is 5.78 Å². The molecule has 1 aliphatic rings. The molecule has 1 aromatic carbocycles. The molecule has 2 nitrogen and oxygen atoms in total. The fraction of sp³-hybridized carbons (Fsp3) is 0.353. The van der Waals surface area contributed by atoms with Gasteiger partial charge in [0.2, 0.25) is 0 Å². The molecule has 19 heavy (non-hydrogen) atoms. The number of aryl methyl sites for hydroxylation is 2. The first-order valence-corrected chi connectivity index (χ1v) is 6.86. The number of ketones is 1. The van der Waals surface area contributed by atoms with Gasteiger partial charge < -0.3 is 4.57 Å². The van der Waals surface area contributed by atoms with E-state index in [9.17, 15) is 4.79 Å². The molecule has 1 atom stereocenters. The summed E-state index contributed by atoms with van der Waals surface area (Å²) in [7, 11) is 0. The molecule has 1 heterocycles. The molecule has 2 aromatic rings. The molecule has 0 N–H and O–H groups in total. The summed E-state index contributed by atoms with van der Waals surface area (Å²) >= 11 is 0. The standard InChI is InChI=1S/C17H19NO/c1-11-10-16(13(3)19)12(2)18(11)17-9-8-14-6-4-5-7-15(14)17/h4-7,10,17H,8-9H2,1-3H3/t17-/m1/s1. The lowest BCUT2D eigenvalue weighted by Gasteiger charge is -2.19. The summed E-state index contributed by atoms with van der Waals surface area (Å²) in [5.41, 5.74) is 6.02. The van der Waals surface area contributed by atoms with E-state index in [1.165, 1.54) is 16.8 Å². The Morgan fingerprint density at radius 1 is 1.26 bits per heavy atom. The van der Waals surface area contributed by atoms with Crippen molar-refractivity contribution in [3.8, 4) is 0 Å². The van der Waals surface area contributed by atoms with Crippen LogP contribution in [0.2, 0.25) is 0 Å². The number of fused-ring (bicyclic) bond motifs is 1. The van der Waals surface area contributed by atoms with Gasteiger partial charge in [0.25, 0.3) is 0 Å². The topological polar surface area (TPSA) is 22.0 Å². The SMILES string of the molecule is CC(=O)c1cc(C)n([C@@H]2CCc3ccccc32)c1C. The van der Waals surface area contributed by atoms with Gasteiger partial charge >= 0.3 is 0 Å². The van der Waals surface area contributed by atoms with Crippen molar-refractivity contribution in [2.45, 2.75) is 39.7 Å². The maximum absolute atomic E-state index is 11.7. The molecular formula is C17H19NO. The summed E-state index contributed by atoms with van der Waals surface area (Å²) in [4.78, 5) is 11.7. The van der Waals surface area contributed by atoms with E-state index >= 15 is 0 Å². The second-order valence-corrected chi connectivity index (χ2v) is 5.46. The molecule has 0 spiro atoms. The van der Waals surface area contributed by atoms with Crippen LogP contribution in [-0.4, -0.2) is 10.4 Å². The van der Waals surface area contributed by atoms with Gasteiger partial charge in [-0.2, -0.15) is 0 Å². The van der Waals surface area contributed by atoms with Gasteiger partial charge in [-0.15, -0.1) is 0 Å². The van der Waals surface area contributed by atoms with E-state index in [-0.39, 0.29) is 5.78 Å². The van der Waals surface area contributed by atoms with Gasteiger partial charge in [-0.05, 0) is 50.8 Å². The highest BCUT2D eigenvalue weighted by Crippen LogP contribution is 2.36. The first-order chi connectivity index (χ1) is 9.09. The van der Waals surface area contributed by atoms with Crippen LogP contribution < -0.4 is 0 Å². The molecular weight excluding hydrogens is 234 g/mol. The third-order valence-corrected chi connectivity index (χ3v) is 4.28. The van der Waals surface area contributed by atoms with Gasteiger partial charge in [-0.1, -0.05) is 24.3 Å². The summed E-state index contributed by atoms with van der Waals surface area (Å²) in [6, 6.07) is 11.1. The van der Waals surface area contributed by atoms with Crippen LogP contribution in [0.1, 0.15) is 52.3 Å². The van der Waals surface area contributed by atoms with Crippen molar-refractivity contribution >= 4 is 5.78 Å². The average Bonchev–Trinajstić information content (AvgIpc) is 2.91. The third-order valence-electron chi connectivity index (χ3n) is 4.28. The number of hydrogen-bond acceptors (Lipinski definition) is 1. The predicted molar refractivity (Wildman–Crippen MR) is 76.8 cm³/mol. The molecule has 98 valence electrons. The van der Waals surface area contributed by atoms with Crippen LogP contribution in [0.4, 0.5) is 0 Å². The second-order valence-electron chi connectivity index (χ2n) is 5.46. The number of aromatic nitrogens is 1. The van der Waals surface area contributed by atoms with Crippen molar-refractivity contribution in [3.63, 3.8) is 0 Å². The van der Waals surface area contributed by atoms with Crippen molar-refractivity contribution in [2.24, 2.45) is 0 Å². The summed E-state index contributed by atoms with van der Waals surface area (Å²) in [5.74, 6) is 0.158. The second kappa shape index (κ2) is 4.37. The molecule has 0 radical (unpaired) electrons. The monoisotopic (exact) mass is 253 g/mol. The van der Waals surface area contributed by atoms with Gasteiger partial charge in [0.05, 0.1) is 6.04 Å². The summed E-state index contributed by atoms with van der Waals surface area (Å²) < 4.78 is 2.34. The number of Topliss-reactive ketones (excluding diaryl/α,β-unsaturated/α-hetero) is 1. The lowest BCUT2D eigenvalue weighted by molar-refractivity contribution is 0.101. The minimum Gasteiger partial charge on any atom is -0.341 e. The molecule has 0 bridgehead atoms. The van der Waals surface area contributed by atoms with Crippen molar-refractivity contribution in [3.05, 3.63) is 58.4 Å². The maximum atomic E-state index is 11.7. The quantitative estimate of drug-likeness (QED) is 0.745. The van der Waals surface area contributed by atoms with Crippen LogP contribution in [0.25, 0.3) is 0 Å². The summed E-state index contributed by atoms with van der Waals surface area (Å²) in [6.45, 7) is 5.81. The van der Waals surface area contributed by atoms with Crippen LogP contribution in [0.15, 0.2) is 30.3 Å². The Balaban J connectivity index is 2.12. The molecule has 0 fully saturated rings. The molecule has 0 saturated heterocycles. The van der Waals surface area contributed by atoms with Crippen LogP contribution in [0.5, 0.6) is 0 Å². The first-order valence-electron chi connectivity index (χ1n) is 6.86. The van der Waals surface area contributed by atoms with Gasteiger partial charge in [-0.3, -0.25) is 4.79 Å². The Labute approximate surface area is 114 Å². The minimum absolute atomic E-state index is 0.158. The number of hydrogen-bond donors (Lipinski definition) is 0. The zero-order chi connectivity index (χ0) is 13.6. The molecule has 1 aliphatic carbocycles. The highest BCUT2D eigenvalue weighted by molar-refractivity contribution is 5.95. The number of carbonyl (C=O) groups excluding carboxylic acids is 1. The number of benzene rings is 1. The van der Waals surface area contributed by atoms with Crippen molar-refractivity contribution in [1.82, 2.24) is 4.57 Å². The Morgan fingerprint density at radius 2 is 2.00 bits per heavy atom. The lowest BCUT2D eigenvalue weighted by atomic mass is 10.1. The van der Waals surface area contributed by atoms with E-state index < -0.39 is 0 Å². The van der Waals surface area contributed by atoms with Gasteiger partial charge in [0.1, 0.15) is 0 Å². The Kier molecular flexibility index (Phi) is 2.81. The molecule has 0 saturated carbocycles. The lowest BCUT2D eigenvalue weighted by Crippen LogP contribution is -2.11. The van der Waals surface area contributed by atoms with E-state index in [1.807, 2.05) is 6.07 Å². The maximum Gasteiger partial charge on any atom is 0.161 e. The summed E-state index contributed by atoms with van der Waals surface area (Å²) in [6.07, 6.45) is 2.26. The highest BCUT2D eigenvalue weighted by atomic mass is 16.1. The Bertz CT molecular complexity index is 651. The zero-order valence-corrected chi connectivity index (χ0v) is 11.7. The highest BCUT2D eigenvalue weighted by Gasteiger charge is 2.26. The van der Waals surface area contributed by atoms with Crippen LogP contribution >= 0.6 is 0 Å². The molecule has 1 aromatic heterocycles. The van der Waals surface area contributed by atoms with Gasteiger partial charge in [-0.25, -0.2) is 0 Å². The first kappa shape index (κ1) is 12.2. The Morgan fingerprint density at radius 3 is 2.68 bits per heavy atom. The molecule has 0 amide bonds. The van der Waals surface area contributed by atoms with Crippen molar-refractivity contribution in [2.75, 3.05) is 0 Å². The minimum atomic E-state index is 0.158. The van der Waals surface area contributed by atoms with Crippen LogP contribution in [-0.2, 0) is 6.42 Å². The predicted octanol–water partition coefficient (Wildman–Crippen LogP) is 3.84. The third kappa shape index (κ3) is 1.83. The van der Waals surface area contributed by atoms with Crippen LogP contribution in [0, 0.1) is 13.8 Å². The number of nitrogens with zero attached hydrogens (tertiary/aromatic N) is 1.